The second kappa shape index (κ2) is 6.31. The van der Waals surface area contributed by atoms with Crippen LogP contribution < -0.4 is 4.74 Å². The van der Waals surface area contributed by atoms with Crippen LogP contribution in [0.2, 0.25) is 0 Å². The van der Waals surface area contributed by atoms with E-state index in [-0.39, 0.29) is 29.9 Å². The third-order valence-corrected chi connectivity index (χ3v) is 6.87. The Morgan fingerprint density at radius 2 is 2.15 bits per heavy atom. The molecule has 0 unspecified atom stereocenters. The molecule has 4 rings (SSSR count). The molecule has 5 nitrogen and oxygen atoms in total. The first-order chi connectivity index (χ1) is 12.5. The van der Waals surface area contributed by atoms with E-state index in [1.54, 1.807) is 12.0 Å². The van der Waals surface area contributed by atoms with Crippen molar-refractivity contribution in [2.24, 2.45) is 17.8 Å². The fourth-order valence-electron chi connectivity index (χ4n) is 5.68. The van der Waals surface area contributed by atoms with E-state index in [1.165, 1.54) is 12.7 Å². The van der Waals surface area contributed by atoms with Gasteiger partial charge < -0.3 is 14.6 Å². The lowest BCUT2D eigenvalue weighted by Crippen LogP contribution is -2.61. The minimum Gasteiger partial charge on any atom is -0.497 e. The number of ether oxygens (including phenoxy) is 2. The monoisotopic (exact) mass is 357 g/mol. The molecule has 0 radical (unpaired) electrons. The molecule has 1 N–H and O–H groups in total. The van der Waals surface area contributed by atoms with Crippen LogP contribution in [-0.4, -0.2) is 42.5 Å². The van der Waals surface area contributed by atoms with E-state index in [0.717, 1.165) is 37.0 Å². The molecule has 1 saturated carbocycles. The number of carbonyl (C=O) groups is 1. The van der Waals surface area contributed by atoms with Crippen LogP contribution in [0, 0.1) is 17.8 Å². The predicted molar refractivity (Wildman–Crippen MR) is 98.0 cm³/mol. The average Bonchev–Trinajstić information content (AvgIpc) is 3.01. The van der Waals surface area contributed by atoms with Gasteiger partial charge in [0.2, 0.25) is 0 Å². The fraction of sp³-hybridized carbons (Fsp3) is 0.571. The Labute approximate surface area is 154 Å². The quantitative estimate of drug-likeness (QED) is 0.825. The molecule has 0 spiro atoms. The number of β-amino-alcohol motifs (C(OH)–C–C–N with tert-alkyl or cyclic N) is 1. The minimum atomic E-state index is -0.909. The third kappa shape index (κ3) is 2.37. The summed E-state index contributed by atoms with van der Waals surface area (Å²) in [5.74, 6) is 1.21. The van der Waals surface area contributed by atoms with Crippen molar-refractivity contribution in [2.75, 3.05) is 20.8 Å². The Hall–Kier alpha value is -2.01. The van der Waals surface area contributed by atoms with Gasteiger partial charge in [-0.25, -0.2) is 4.79 Å². The standard InChI is InChI=1S/C21H27NO4/c1-4-14-7-10-18-16-9-6-13-5-8-15(25-2)11-17(13)19(16)22(20(23)26-3)12-21(14,18)24/h4-5,8,11,14,16,18-19,24H,1,6-7,9-10,12H2,2-3H3/t14-,16+,18+,19-,21+/m1/s1. The van der Waals surface area contributed by atoms with Crippen LogP contribution in [0.1, 0.15) is 36.4 Å². The van der Waals surface area contributed by atoms with Gasteiger partial charge in [-0.1, -0.05) is 12.1 Å². The number of aryl methyl sites for hydroxylation is 1. The summed E-state index contributed by atoms with van der Waals surface area (Å²) < 4.78 is 10.5. The van der Waals surface area contributed by atoms with E-state index in [0.29, 0.717) is 6.54 Å². The smallest absolute Gasteiger partial charge is 0.410 e. The number of amides is 1. The number of hydrogen-bond donors (Lipinski definition) is 1. The molecule has 1 aromatic carbocycles. The number of aliphatic hydroxyl groups is 1. The molecule has 140 valence electrons. The van der Waals surface area contributed by atoms with Crippen LogP contribution in [0.3, 0.4) is 0 Å². The predicted octanol–water partition coefficient (Wildman–Crippen LogP) is 3.32. The van der Waals surface area contributed by atoms with Gasteiger partial charge in [0.05, 0.1) is 32.4 Å². The van der Waals surface area contributed by atoms with Crippen LogP contribution in [-0.2, 0) is 11.2 Å². The Bertz CT molecular complexity index is 733. The van der Waals surface area contributed by atoms with Crippen molar-refractivity contribution in [2.45, 2.75) is 37.3 Å². The number of piperidine rings is 1. The summed E-state index contributed by atoms with van der Waals surface area (Å²) in [6.45, 7) is 4.21. The Morgan fingerprint density at radius 3 is 2.85 bits per heavy atom. The molecule has 2 fully saturated rings. The van der Waals surface area contributed by atoms with Gasteiger partial charge >= 0.3 is 6.09 Å². The highest BCUT2D eigenvalue weighted by Gasteiger charge is 2.59. The molecule has 1 heterocycles. The molecule has 0 aromatic heterocycles. The van der Waals surface area contributed by atoms with Crippen molar-refractivity contribution in [3.63, 3.8) is 0 Å². The summed E-state index contributed by atoms with van der Waals surface area (Å²) in [4.78, 5) is 14.4. The van der Waals surface area contributed by atoms with E-state index < -0.39 is 5.60 Å². The molecule has 26 heavy (non-hydrogen) atoms. The summed E-state index contributed by atoms with van der Waals surface area (Å²) in [5, 5.41) is 11.5. The van der Waals surface area contributed by atoms with Gasteiger partial charge in [0.1, 0.15) is 5.75 Å². The molecular weight excluding hydrogens is 330 g/mol. The zero-order valence-corrected chi connectivity index (χ0v) is 15.5. The largest absolute Gasteiger partial charge is 0.497 e. The molecule has 5 heteroatoms. The highest BCUT2D eigenvalue weighted by atomic mass is 16.5. The summed E-state index contributed by atoms with van der Waals surface area (Å²) in [6, 6.07) is 6.05. The van der Waals surface area contributed by atoms with E-state index in [9.17, 15) is 9.90 Å². The van der Waals surface area contributed by atoms with Crippen LogP contribution in [0.25, 0.3) is 0 Å². The number of carbonyl (C=O) groups excluding carboxylic acids is 1. The SMILES string of the molecule is C=C[C@@H]1CC[C@H]2[C@@H]3CCc4ccc(OC)cc4[C@@H]3N(C(=O)OC)C[C@]12O. The van der Waals surface area contributed by atoms with E-state index in [2.05, 4.69) is 12.6 Å². The van der Waals surface area contributed by atoms with Gasteiger partial charge in [-0.05, 0) is 60.8 Å². The van der Waals surface area contributed by atoms with E-state index in [1.807, 2.05) is 18.2 Å². The molecule has 3 aliphatic rings. The Kier molecular flexibility index (Phi) is 4.22. The maximum Gasteiger partial charge on any atom is 0.410 e. The van der Waals surface area contributed by atoms with Crippen molar-refractivity contribution >= 4 is 6.09 Å². The summed E-state index contributed by atoms with van der Waals surface area (Å²) in [5.41, 5.74) is 1.48. The Morgan fingerprint density at radius 1 is 1.35 bits per heavy atom. The molecule has 1 saturated heterocycles. The molecular formula is C21H27NO4. The summed E-state index contributed by atoms with van der Waals surface area (Å²) in [7, 11) is 3.06. The van der Waals surface area contributed by atoms with Crippen molar-refractivity contribution in [1.82, 2.24) is 4.90 Å². The van der Waals surface area contributed by atoms with Gasteiger partial charge in [-0.2, -0.15) is 0 Å². The Balaban J connectivity index is 1.82. The highest BCUT2D eigenvalue weighted by molar-refractivity contribution is 5.69. The van der Waals surface area contributed by atoms with Gasteiger partial charge in [0.25, 0.3) is 0 Å². The maximum atomic E-state index is 12.6. The maximum absolute atomic E-state index is 12.6. The lowest BCUT2D eigenvalue weighted by atomic mass is 9.64. The number of benzene rings is 1. The number of likely N-dealkylation sites (tertiary alicyclic amines) is 1. The lowest BCUT2D eigenvalue weighted by Gasteiger charge is -2.54. The van der Waals surface area contributed by atoms with Crippen molar-refractivity contribution in [3.05, 3.63) is 42.0 Å². The first kappa shape index (κ1) is 17.4. The summed E-state index contributed by atoms with van der Waals surface area (Å²) in [6.07, 6.45) is 5.30. The van der Waals surface area contributed by atoms with E-state index >= 15 is 0 Å². The van der Waals surface area contributed by atoms with E-state index in [4.69, 9.17) is 9.47 Å². The number of methoxy groups -OCH3 is 2. The third-order valence-electron chi connectivity index (χ3n) is 6.87. The van der Waals surface area contributed by atoms with Crippen LogP contribution >= 0.6 is 0 Å². The zero-order valence-electron chi connectivity index (χ0n) is 15.5. The second-order valence-electron chi connectivity index (χ2n) is 7.83. The van der Waals surface area contributed by atoms with Crippen LogP contribution in [0.4, 0.5) is 4.79 Å². The highest BCUT2D eigenvalue weighted by Crippen LogP contribution is 2.57. The van der Waals surface area contributed by atoms with Crippen LogP contribution in [0.5, 0.6) is 5.75 Å². The van der Waals surface area contributed by atoms with Crippen LogP contribution in [0.15, 0.2) is 30.9 Å². The topological polar surface area (TPSA) is 59.0 Å². The molecule has 2 aliphatic carbocycles. The first-order valence-electron chi connectivity index (χ1n) is 9.39. The van der Waals surface area contributed by atoms with Crippen molar-refractivity contribution in [3.8, 4) is 5.75 Å². The summed E-state index contributed by atoms with van der Waals surface area (Å²) >= 11 is 0. The second-order valence-corrected chi connectivity index (χ2v) is 7.83. The first-order valence-corrected chi connectivity index (χ1v) is 9.39. The zero-order chi connectivity index (χ0) is 18.5. The van der Waals surface area contributed by atoms with Crippen molar-refractivity contribution in [1.29, 1.82) is 0 Å². The minimum absolute atomic E-state index is 0.0207. The molecule has 1 amide bonds. The van der Waals surface area contributed by atoms with Gasteiger partial charge in [0, 0.05) is 5.92 Å². The number of rotatable bonds is 2. The molecule has 5 atom stereocenters. The van der Waals surface area contributed by atoms with Gasteiger partial charge in [0.15, 0.2) is 0 Å². The molecule has 0 bridgehead atoms. The number of fused-ring (bicyclic) bond motifs is 5. The average molecular weight is 357 g/mol. The van der Waals surface area contributed by atoms with Gasteiger partial charge in [-0.15, -0.1) is 6.58 Å². The fourth-order valence-corrected chi connectivity index (χ4v) is 5.68. The van der Waals surface area contributed by atoms with Gasteiger partial charge in [-0.3, -0.25) is 4.90 Å². The normalized spacial score (nSPS) is 35.1. The van der Waals surface area contributed by atoms with Crippen molar-refractivity contribution < 1.29 is 19.4 Å². The molecule has 1 aliphatic heterocycles. The number of nitrogens with zero attached hydrogens (tertiary/aromatic N) is 1. The molecule has 1 aromatic rings. The lowest BCUT2D eigenvalue weighted by molar-refractivity contribution is -0.122. The number of hydrogen-bond acceptors (Lipinski definition) is 4.